The van der Waals surface area contributed by atoms with Crippen molar-refractivity contribution in [1.29, 1.82) is 0 Å². The van der Waals surface area contributed by atoms with E-state index in [1.165, 1.54) is 17.6 Å². The van der Waals surface area contributed by atoms with Crippen LogP contribution in [0.2, 0.25) is 0 Å². The molecule has 3 N–H and O–H groups in total. The van der Waals surface area contributed by atoms with Gasteiger partial charge in [0.1, 0.15) is 16.8 Å². The van der Waals surface area contributed by atoms with Gasteiger partial charge in [-0.1, -0.05) is 5.16 Å². The van der Waals surface area contributed by atoms with E-state index in [0.717, 1.165) is 10.1 Å². The van der Waals surface area contributed by atoms with E-state index < -0.39 is 0 Å². The lowest BCUT2D eigenvalue weighted by atomic mass is 10.2. The van der Waals surface area contributed by atoms with Crippen molar-refractivity contribution in [3.63, 3.8) is 0 Å². The van der Waals surface area contributed by atoms with Crippen LogP contribution >= 0.6 is 11.3 Å². The molecule has 19 heavy (non-hydrogen) atoms. The smallest absolute Gasteiger partial charge is 0.263 e. The van der Waals surface area contributed by atoms with Gasteiger partial charge in [0.2, 0.25) is 0 Å². The Bertz CT molecular complexity index is 720. The lowest BCUT2D eigenvalue weighted by Gasteiger charge is -2.01. The maximum Gasteiger partial charge on any atom is 0.263 e. The van der Waals surface area contributed by atoms with Crippen LogP contribution in [0.4, 0.5) is 5.69 Å². The van der Waals surface area contributed by atoms with Gasteiger partial charge in [-0.05, 0) is 6.07 Å². The molecular formula is C12H10N4O2S. The van der Waals surface area contributed by atoms with Gasteiger partial charge in [0.25, 0.3) is 5.91 Å². The van der Waals surface area contributed by atoms with E-state index in [-0.39, 0.29) is 5.91 Å². The van der Waals surface area contributed by atoms with Gasteiger partial charge in [-0.25, -0.2) is 0 Å². The molecule has 0 unspecified atom stereocenters. The first-order valence-corrected chi connectivity index (χ1v) is 6.37. The highest BCUT2D eigenvalue weighted by Crippen LogP contribution is 2.32. The molecule has 7 heteroatoms. The molecule has 3 heterocycles. The maximum atomic E-state index is 12.1. The Balaban J connectivity index is 1.83. The highest BCUT2D eigenvalue weighted by Gasteiger charge is 2.16. The zero-order valence-corrected chi connectivity index (χ0v) is 10.6. The summed E-state index contributed by atoms with van der Waals surface area (Å²) < 4.78 is 5.59. The molecule has 0 atom stereocenters. The number of nitrogens with two attached hydrogens (primary N) is 1. The Morgan fingerprint density at radius 2 is 2.37 bits per heavy atom. The molecule has 0 saturated carbocycles. The van der Waals surface area contributed by atoms with Gasteiger partial charge >= 0.3 is 0 Å². The number of nitrogens with zero attached hydrogens (tertiary/aromatic N) is 2. The number of rotatable bonds is 3. The quantitative estimate of drug-likeness (QED) is 0.759. The average molecular weight is 274 g/mol. The third kappa shape index (κ3) is 2.15. The largest absolute Gasteiger partial charge is 0.397 e. The van der Waals surface area contributed by atoms with Crippen LogP contribution in [-0.2, 0) is 6.54 Å². The second-order valence-electron chi connectivity index (χ2n) is 3.89. The number of thiophene rings is 1. The lowest BCUT2D eigenvalue weighted by Crippen LogP contribution is -2.22. The molecule has 1 amide bonds. The van der Waals surface area contributed by atoms with Crippen molar-refractivity contribution in [2.45, 2.75) is 6.54 Å². The second-order valence-corrected chi connectivity index (χ2v) is 4.94. The third-order valence-electron chi connectivity index (χ3n) is 2.66. The van der Waals surface area contributed by atoms with Gasteiger partial charge in [0.05, 0.1) is 16.9 Å². The summed E-state index contributed by atoms with van der Waals surface area (Å²) >= 11 is 1.33. The highest BCUT2D eigenvalue weighted by atomic mass is 32.1. The van der Waals surface area contributed by atoms with E-state index in [1.807, 2.05) is 0 Å². The van der Waals surface area contributed by atoms with E-state index in [9.17, 15) is 4.79 Å². The average Bonchev–Trinajstić information content (AvgIpc) is 3.05. The first-order chi connectivity index (χ1) is 9.25. The molecule has 0 bridgehead atoms. The fourth-order valence-corrected chi connectivity index (χ4v) is 2.73. The van der Waals surface area contributed by atoms with E-state index in [2.05, 4.69) is 15.5 Å². The first kappa shape index (κ1) is 11.7. The summed E-state index contributed by atoms with van der Waals surface area (Å²) in [5.74, 6) is -0.221. The Morgan fingerprint density at radius 1 is 1.47 bits per heavy atom. The molecule has 0 spiro atoms. The monoisotopic (exact) mass is 274 g/mol. The maximum absolute atomic E-state index is 12.1. The van der Waals surface area contributed by atoms with Gasteiger partial charge in [-0.3, -0.25) is 9.78 Å². The molecule has 0 aliphatic carbocycles. The van der Waals surface area contributed by atoms with Crippen LogP contribution in [-0.4, -0.2) is 16.0 Å². The summed E-state index contributed by atoms with van der Waals surface area (Å²) in [4.78, 5) is 16.6. The predicted octanol–water partition coefficient (Wildman–Crippen LogP) is 1.80. The molecule has 0 fully saturated rings. The highest BCUT2D eigenvalue weighted by molar-refractivity contribution is 7.21. The van der Waals surface area contributed by atoms with Crippen LogP contribution in [0.5, 0.6) is 0 Å². The van der Waals surface area contributed by atoms with Crippen LogP contribution in [0, 0.1) is 0 Å². The van der Waals surface area contributed by atoms with E-state index in [0.29, 0.717) is 22.8 Å². The number of nitrogens with one attached hydrogen (secondary N) is 1. The zero-order valence-electron chi connectivity index (χ0n) is 9.79. The van der Waals surface area contributed by atoms with Crippen molar-refractivity contribution >= 4 is 33.0 Å². The summed E-state index contributed by atoms with van der Waals surface area (Å²) in [5.41, 5.74) is 7.12. The molecule has 0 aromatic carbocycles. The minimum atomic E-state index is -0.221. The van der Waals surface area contributed by atoms with E-state index >= 15 is 0 Å². The second kappa shape index (κ2) is 4.69. The summed E-state index contributed by atoms with van der Waals surface area (Å²) in [6.45, 7) is 0.307. The fourth-order valence-electron chi connectivity index (χ4n) is 1.72. The van der Waals surface area contributed by atoms with Crippen molar-refractivity contribution in [3.8, 4) is 0 Å². The molecule has 6 nitrogen and oxygen atoms in total. The predicted molar refractivity (Wildman–Crippen MR) is 71.7 cm³/mol. The minimum absolute atomic E-state index is 0.221. The number of hydrogen-bond acceptors (Lipinski definition) is 6. The minimum Gasteiger partial charge on any atom is -0.397 e. The van der Waals surface area contributed by atoms with Gasteiger partial charge < -0.3 is 15.6 Å². The molecule has 96 valence electrons. The number of carbonyl (C=O) groups is 1. The molecule has 3 aromatic rings. The molecule has 3 rings (SSSR count). The number of aromatic nitrogens is 2. The van der Waals surface area contributed by atoms with Crippen molar-refractivity contribution < 1.29 is 9.32 Å². The molecule has 0 saturated heterocycles. The van der Waals surface area contributed by atoms with Crippen molar-refractivity contribution in [1.82, 2.24) is 15.5 Å². The Kier molecular flexibility index (Phi) is 2.88. The van der Waals surface area contributed by atoms with Crippen LogP contribution in [0.3, 0.4) is 0 Å². The Labute approximate surface area is 112 Å². The van der Waals surface area contributed by atoms with Gasteiger partial charge in [0, 0.05) is 23.8 Å². The fraction of sp³-hybridized carbons (Fsp3) is 0.0833. The first-order valence-electron chi connectivity index (χ1n) is 5.55. The number of pyridine rings is 1. The zero-order chi connectivity index (χ0) is 13.2. The molecule has 0 aliphatic heterocycles. The summed E-state index contributed by atoms with van der Waals surface area (Å²) in [6.07, 6.45) is 4.81. The number of anilines is 1. The third-order valence-corrected chi connectivity index (χ3v) is 3.81. The number of carbonyl (C=O) groups excluding carboxylic acids is 1. The summed E-state index contributed by atoms with van der Waals surface area (Å²) in [6, 6.07) is 3.49. The number of fused-ring (bicyclic) bond motifs is 1. The number of hydrogen-bond donors (Lipinski definition) is 2. The van der Waals surface area contributed by atoms with E-state index in [1.54, 1.807) is 24.5 Å². The summed E-state index contributed by atoms with van der Waals surface area (Å²) in [7, 11) is 0. The summed E-state index contributed by atoms with van der Waals surface area (Å²) in [5, 5.41) is 7.32. The molecule has 0 aliphatic rings. The van der Waals surface area contributed by atoms with Crippen molar-refractivity contribution in [3.05, 3.63) is 41.4 Å². The van der Waals surface area contributed by atoms with Gasteiger partial charge in [-0.2, -0.15) is 0 Å². The Morgan fingerprint density at radius 3 is 3.11 bits per heavy atom. The topological polar surface area (TPSA) is 94.0 Å². The van der Waals surface area contributed by atoms with Gasteiger partial charge in [0.15, 0.2) is 0 Å². The lowest BCUT2D eigenvalue weighted by molar-refractivity contribution is 0.0955. The van der Waals surface area contributed by atoms with Crippen LogP contribution < -0.4 is 11.1 Å². The van der Waals surface area contributed by atoms with Crippen LogP contribution in [0.25, 0.3) is 10.1 Å². The number of nitrogen functional groups attached to an aromatic ring is 1. The molecular weight excluding hydrogens is 264 g/mol. The molecule has 0 radical (unpaired) electrons. The number of amides is 1. The molecule has 3 aromatic heterocycles. The SMILES string of the molecule is Nc1c(C(=O)NCc2ccon2)sc2cnccc12. The normalized spacial score (nSPS) is 10.7. The standard InChI is InChI=1S/C12H10N4O2S/c13-10-8-1-3-14-6-9(8)19-11(10)12(17)15-5-7-2-4-18-16-7/h1-4,6H,5,13H2,(H,15,17). The van der Waals surface area contributed by atoms with Crippen LogP contribution in [0.1, 0.15) is 15.4 Å². The van der Waals surface area contributed by atoms with Crippen molar-refractivity contribution in [2.75, 3.05) is 5.73 Å². The Hall–Kier alpha value is -2.41. The van der Waals surface area contributed by atoms with Gasteiger partial charge in [-0.15, -0.1) is 11.3 Å². The van der Waals surface area contributed by atoms with E-state index in [4.69, 9.17) is 10.3 Å². The van der Waals surface area contributed by atoms with Crippen LogP contribution in [0.15, 0.2) is 35.3 Å². The van der Waals surface area contributed by atoms with Crippen molar-refractivity contribution in [2.24, 2.45) is 0 Å².